The Hall–Kier alpha value is -3.81. The minimum atomic E-state index is -0.438. The Bertz CT molecular complexity index is 942. The number of non-ortho nitro benzene ring substituents is 1. The van der Waals surface area contributed by atoms with Crippen molar-refractivity contribution in [3.8, 4) is 0 Å². The van der Waals surface area contributed by atoms with Gasteiger partial charge < -0.3 is 5.32 Å². The number of hydrogen-bond acceptors (Lipinski definition) is 7. The lowest BCUT2D eigenvalue weighted by atomic mass is 10.2. The van der Waals surface area contributed by atoms with E-state index in [1.807, 2.05) is 37.3 Å². The van der Waals surface area contributed by atoms with Gasteiger partial charge in [0.1, 0.15) is 0 Å². The molecule has 0 amide bonds. The molecule has 0 saturated heterocycles. The molecule has 0 fully saturated rings. The Morgan fingerprint density at radius 2 is 1.85 bits per heavy atom. The SMILES string of the molecule is Cc1cc(N/N=C\c2ccc([N+](=O)[O-])cc2)nc(NCc2ccccc2)n1. The van der Waals surface area contributed by atoms with Gasteiger partial charge in [0.25, 0.3) is 5.69 Å². The van der Waals surface area contributed by atoms with E-state index in [2.05, 4.69) is 25.8 Å². The van der Waals surface area contributed by atoms with Crippen LogP contribution in [0.4, 0.5) is 17.5 Å². The maximum Gasteiger partial charge on any atom is 0.269 e. The van der Waals surface area contributed by atoms with E-state index in [9.17, 15) is 10.1 Å². The molecule has 2 aromatic carbocycles. The van der Waals surface area contributed by atoms with Crippen molar-refractivity contribution in [1.29, 1.82) is 0 Å². The van der Waals surface area contributed by atoms with Gasteiger partial charge in [0.05, 0.1) is 11.1 Å². The average molecular weight is 362 g/mol. The van der Waals surface area contributed by atoms with Crippen LogP contribution in [0.15, 0.2) is 65.8 Å². The van der Waals surface area contributed by atoms with Crippen molar-refractivity contribution >= 4 is 23.7 Å². The maximum atomic E-state index is 10.7. The predicted octanol–water partition coefficient (Wildman–Crippen LogP) is 3.75. The Balaban J connectivity index is 1.62. The highest BCUT2D eigenvalue weighted by Crippen LogP contribution is 2.12. The monoisotopic (exact) mass is 362 g/mol. The number of anilines is 2. The lowest BCUT2D eigenvalue weighted by Gasteiger charge is -2.08. The summed E-state index contributed by atoms with van der Waals surface area (Å²) in [7, 11) is 0. The number of aromatic nitrogens is 2. The van der Waals surface area contributed by atoms with Crippen LogP contribution in [0.25, 0.3) is 0 Å². The van der Waals surface area contributed by atoms with Gasteiger partial charge in [-0.25, -0.2) is 4.98 Å². The van der Waals surface area contributed by atoms with E-state index in [1.165, 1.54) is 12.1 Å². The Morgan fingerprint density at radius 3 is 2.56 bits per heavy atom. The molecule has 0 aliphatic carbocycles. The molecule has 0 spiro atoms. The predicted molar refractivity (Wildman–Crippen MR) is 105 cm³/mol. The molecule has 0 aliphatic heterocycles. The third-order valence-electron chi connectivity index (χ3n) is 3.64. The molecule has 0 atom stereocenters. The second-order valence-corrected chi connectivity index (χ2v) is 5.78. The number of aryl methyl sites for hydroxylation is 1. The second-order valence-electron chi connectivity index (χ2n) is 5.78. The molecule has 8 heteroatoms. The van der Waals surface area contributed by atoms with Gasteiger partial charge in [-0.15, -0.1) is 0 Å². The zero-order valence-electron chi connectivity index (χ0n) is 14.7. The van der Waals surface area contributed by atoms with Crippen molar-refractivity contribution < 1.29 is 4.92 Å². The molecule has 0 saturated carbocycles. The van der Waals surface area contributed by atoms with E-state index in [-0.39, 0.29) is 5.69 Å². The Kier molecular flexibility index (Phi) is 5.68. The smallest absolute Gasteiger partial charge is 0.269 e. The molecule has 1 aromatic heterocycles. The summed E-state index contributed by atoms with van der Waals surface area (Å²) >= 11 is 0. The molecule has 136 valence electrons. The molecule has 3 rings (SSSR count). The molecule has 8 nitrogen and oxygen atoms in total. The molecule has 27 heavy (non-hydrogen) atoms. The first-order chi connectivity index (χ1) is 13.1. The summed E-state index contributed by atoms with van der Waals surface area (Å²) in [6.07, 6.45) is 1.57. The Labute approximate surface area is 156 Å². The van der Waals surface area contributed by atoms with E-state index in [0.717, 1.165) is 16.8 Å². The fourth-order valence-corrected chi connectivity index (χ4v) is 2.34. The van der Waals surface area contributed by atoms with Crippen LogP contribution < -0.4 is 10.7 Å². The van der Waals surface area contributed by atoms with Crippen molar-refractivity contribution in [3.05, 3.63) is 87.6 Å². The van der Waals surface area contributed by atoms with Crippen LogP contribution in [-0.2, 0) is 6.54 Å². The summed E-state index contributed by atoms with van der Waals surface area (Å²) in [5, 5.41) is 18.0. The number of nitro benzene ring substituents is 1. The summed E-state index contributed by atoms with van der Waals surface area (Å²) in [6.45, 7) is 2.50. The van der Waals surface area contributed by atoms with Gasteiger partial charge in [-0.1, -0.05) is 30.3 Å². The summed E-state index contributed by atoms with van der Waals surface area (Å²) in [4.78, 5) is 19.0. The lowest BCUT2D eigenvalue weighted by molar-refractivity contribution is -0.384. The second kappa shape index (κ2) is 8.52. The molecule has 0 unspecified atom stereocenters. The number of benzene rings is 2. The van der Waals surface area contributed by atoms with Gasteiger partial charge in [-0.2, -0.15) is 10.1 Å². The van der Waals surface area contributed by atoms with Crippen LogP contribution in [0.5, 0.6) is 0 Å². The standard InChI is InChI=1S/C19H18N6O2/c1-14-11-18(23-19(22-14)20-12-15-5-3-2-4-6-15)24-21-13-16-7-9-17(10-8-16)25(26)27/h2-11,13H,12H2,1H3,(H2,20,22,23,24)/b21-13-. The molecule has 0 radical (unpaired) electrons. The highest BCUT2D eigenvalue weighted by molar-refractivity contribution is 5.80. The first-order valence-corrected chi connectivity index (χ1v) is 8.27. The van der Waals surface area contributed by atoms with Gasteiger partial charge in [-0.3, -0.25) is 15.5 Å². The summed E-state index contributed by atoms with van der Waals surface area (Å²) in [6, 6.07) is 17.9. The van der Waals surface area contributed by atoms with Crippen LogP contribution in [0.1, 0.15) is 16.8 Å². The fraction of sp³-hybridized carbons (Fsp3) is 0.105. The average Bonchev–Trinajstić information content (AvgIpc) is 2.67. The van der Waals surface area contributed by atoms with Gasteiger partial charge in [0.2, 0.25) is 5.95 Å². The largest absolute Gasteiger partial charge is 0.350 e. The van der Waals surface area contributed by atoms with Crippen molar-refractivity contribution in [2.24, 2.45) is 5.10 Å². The zero-order chi connectivity index (χ0) is 19.1. The normalized spacial score (nSPS) is 10.7. The van der Waals surface area contributed by atoms with Gasteiger partial charge in [0, 0.05) is 30.4 Å². The minimum Gasteiger partial charge on any atom is -0.350 e. The molecule has 2 N–H and O–H groups in total. The third kappa shape index (κ3) is 5.33. The Morgan fingerprint density at radius 1 is 1.11 bits per heavy atom. The number of nitrogens with zero attached hydrogens (tertiary/aromatic N) is 4. The van der Waals surface area contributed by atoms with Gasteiger partial charge >= 0.3 is 0 Å². The topological polar surface area (TPSA) is 105 Å². The van der Waals surface area contributed by atoms with Crippen molar-refractivity contribution in [1.82, 2.24) is 9.97 Å². The van der Waals surface area contributed by atoms with Crippen molar-refractivity contribution in [2.45, 2.75) is 13.5 Å². The van der Waals surface area contributed by atoms with Crippen molar-refractivity contribution in [2.75, 3.05) is 10.7 Å². The van der Waals surface area contributed by atoms with Gasteiger partial charge in [-0.05, 0) is 30.2 Å². The summed E-state index contributed by atoms with van der Waals surface area (Å²) in [5.41, 5.74) is 5.57. The number of nitrogens with one attached hydrogen (secondary N) is 2. The van der Waals surface area contributed by atoms with Crippen LogP contribution in [-0.4, -0.2) is 21.1 Å². The van der Waals surface area contributed by atoms with Gasteiger partial charge in [0.15, 0.2) is 5.82 Å². The third-order valence-corrected chi connectivity index (χ3v) is 3.64. The van der Waals surface area contributed by atoms with Crippen LogP contribution >= 0.6 is 0 Å². The van der Waals surface area contributed by atoms with E-state index < -0.39 is 4.92 Å². The first-order valence-electron chi connectivity index (χ1n) is 8.27. The van der Waals surface area contributed by atoms with E-state index in [4.69, 9.17) is 0 Å². The maximum absolute atomic E-state index is 10.7. The highest BCUT2D eigenvalue weighted by atomic mass is 16.6. The van der Waals surface area contributed by atoms with E-state index >= 15 is 0 Å². The van der Waals surface area contributed by atoms with E-state index in [0.29, 0.717) is 18.3 Å². The number of nitro groups is 1. The van der Waals surface area contributed by atoms with E-state index in [1.54, 1.807) is 24.4 Å². The van der Waals surface area contributed by atoms with Crippen molar-refractivity contribution in [3.63, 3.8) is 0 Å². The molecule has 1 heterocycles. The summed E-state index contributed by atoms with van der Waals surface area (Å²) < 4.78 is 0. The first kappa shape index (κ1) is 18.0. The summed E-state index contributed by atoms with van der Waals surface area (Å²) in [5.74, 6) is 1.06. The molecule has 0 aliphatic rings. The molecule has 0 bridgehead atoms. The van der Waals surface area contributed by atoms with Crippen LogP contribution in [0, 0.1) is 17.0 Å². The fourth-order valence-electron chi connectivity index (χ4n) is 2.34. The highest BCUT2D eigenvalue weighted by Gasteiger charge is 2.03. The number of rotatable bonds is 7. The minimum absolute atomic E-state index is 0.0423. The van der Waals surface area contributed by atoms with Crippen LogP contribution in [0.3, 0.4) is 0 Å². The number of hydrazone groups is 1. The quantitative estimate of drug-likeness (QED) is 0.377. The molecular formula is C19H18N6O2. The van der Waals surface area contributed by atoms with Crippen LogP contribution in [0.2, 0.25) is 0 Å². The lowest BCUT2D eigenvalue weighted by Crippen LogP contribution is -2.06. The zero-order valence-corrected chi connectivity index (χ0v) is 14.7. The molecule has 3 aromatic rings. The molecular weight excluding hydrogens is 344 g/mol. The number of hydrogen-bond donors (Lipinski definition) is 2.